The van der Waals surface area contributed by atoms with Gasteiger partial charge in [-0.15, -0.1) is 0 Å². The van der Waals surface area contributed by atoms with E-state index in [0.717, 1.165) is 4.40 Å². The molecule has 142 valence electrons. The highest BCUT2D eigenvalue weighted by atomic mass is 19.4. The number of hydrogen-bond donors (Lipinski definition) is 0. The van der Waals surface area contributed by atoms with Gasteiger partial charge in [-0.3, -0.25) is 9.20 Å². The van der Waals surface area contributed by atoms with E-state index in [4.69, 9.17) is 4.74 Å². The van der Waals surface area contributed by atoms with Gasteiger partial charge in [-0.25, -0.2) is 13.8 Å². The van der Waals surface area contributed by atoms with Gasteiger partial charge < -0.3 is 4.74 Å². The van der Waals surface area contributed by atoms with E-state index < -0.39 is 36.0 Å². The number of fused-ring (bicyclic) bond motifs is 1. The van der Waals surface area contributed by atoms with Gasteiger partial charge in [0.2, 0.25) is 0 Å². The zero-order valence-electron chi connectivity index (χ0n) is 13.9. The van der Waals surface area contributed by atoms with E-state index in [0.29, 0.717) is 5.56 Å². The third kappa shape index (κ3) is 3.91. The van der Waals surface area contributed by atoms with Crippen LogP contribution in [0.2, 0.25) is 0 Å². The molecule has 1 aromatic carbocycles. The van der Waals surface area contributed by atoms with Crippen molar-refractivity contribution in [2.24, 2.45) is 0 Å². The molecule has 0 N–H and O–H groups in total. The first-order valence-electron chi connectivity index (χ1n) is 7.78. The fourth-order valence-corrected chi connectivity index (χ4v) is 2.58. The van der Waals surface area contributed by atoms with Crippen molar-refractivity contribution in [1.29, 1.82) is 0 Å². The monoisotopic (exact) mass is 384 g/mol. The number of aromatic nitrogens is 2. The summed E-state index contributed by atoms with van der Waals surface area (Å²) in [6, 6.07) is 7.81. The van der Waals surface area contributed by atoms with Crippen LogP contribution in [0, 0.1) is 6.92 Å². The Bertz CT molecular complexity index is 1030. The number of aryl methyl sites for hydroxylation is 1. The SMILES string of the molecule is Cc1ccn2c(=O)c(-c3ccc(OCC(F)F)cc3)c(C(F)(F)F)nc2c1. The van der Waals surface area contributed by atoms with Crippen LogP contribution in [0.3, 0.4) is 0 Å². The van der Waals surface area contributed by atoms with Gasteiger partial charge in [0, 0.05) is 6.20 Å². The van der Waals surface area contributed by atoms with Crippen LogP contribution in [0.25, 0.3) is 16.8 Å². The molecule has 0 amide bonds. The lowest BCUT2D eigenvalue weighted by Crippen LogP contribution is -2.24. The average molecular weight is 384 g/mol. The molecule has 2 aromatic heterocycles. The minimum absolute atomic E-state index is 0.0424. The molecular formula is C18H13F5N2O2. The molecule has 0 aliphatic heterocycles. The number of benzene rings is 1. The third-order valence-electron chi connectivity index (χ3n) is 3.77. The Hall–Kier alpha value is -2.97. The number of rotatable bonds is 4. The normalized spacial score (nSPS) is 12.0. The maximum atomic E-state index is 13.5. The van der Waals surface area contributed by atoms with Crippen molar-refractivity contribution in [3.8, 4) is 16.9 Å². The largest absolute Gasteiger partial charge is 0.488 e. The van der Waals surface area contributed by atoms with Gasteiger partial charge in [0.1, 0.15) is 18.0 Å². The average Bonchev–Trinajstić information content (AvgIpc) is 2.59. The summed E-state index contributed by atoms with van der Waals surface area (Å²) >= 11 is 0. The lowest BCUT2D eigenvalue weighted by atomic mass is 10.0. The van der Waals surface area contributed by atoms with Crippen LogP contribution in [0.4, 0.5) is 22.0 Å². The summed E-state index contributed by atoms with van der Waals surface area (Å²) in [5, 5.41) is 0. The summed E-state index contributed by atoms with van der Waals surface area (Å²) in [6.07, 6.45) is -6.18. The molecule has 3 rings (SSSR count). The maximum Gasteiger partial charge on any atom is 0.434 e. The van der Waals surface area contributed by atoms with Crippen LogP contribution in [0.5, 0.6) is 5.75 Å². The van der Waals surface area contributed by atoms with E-state index in [9.17, 15) is 26.7 Å². The molecule has 4 nitrogen and oxygen atoms in total. The molecule has 0 unspecified atom stereocenters. The second kappa shape index (κ2) is 6.98. The maximum absolute atomic E-state index is 13.5. The van der Waals surface area contributed by atoms with E-state index >= 15 is 0 Å². The fraction of sp³-hybridized carbons (Fsp3) is 0.222. The number of halogens is 5. The number of pyridine rings is 1. The van der Waals surface area contributed by atoms with Crippen LogP contribution < -0.4 is 10.3 Å². The van der Waals surface area contributed by atoms with Gasteiger partial charge in [-0.2, -0.15) is 13.2 Å². The smallest absolute Gasteiger partial charge is 0.434 e. The molecule has 0 bridgehead atoms. The summed E-state index contributed by atoms with van der Waals surface area (Å²) in [4.78, 5) is 16.3. The first-order chi connectivity index (χ1) is 12.7. The van der Waals surface area contributed by atoms with Crippen molar-refractivity contribution in [3.05, 3.63) is 64.2 Å². The highest BCUT2D eigenvalue weighted by Crippen LogP contribution is 2.34. The minimum atomic E-state index is -4.85. The van der Waals surface area contributed by atoms with E-state index in [2.05, 4.69) is 4.98 Å². The summed E-state index contributed by atoms with van der Waals surface area (Å²) in [6.45, 7) is 0.831. The minimum Gasteiger partial charge on any atom is -0.488 e. The highest BCUT2D eigenvalue weighted by molar-refractivity contribution is 5.68. The Morgan fingerprint density at radius 3 is 2.41 bits per heavy atom. The third-order valence-corrected chi connectivity index (χ3v) is 3.77. The van der Waals surface area contributed by atoms with E-state index in [1.54, 1.807) is 13.0 Å². The Kier molecular flexibility index (Phi) is 4.86. The predicted octanol–water partition coefficient (Wildman–Crippen LogP) is 4.33. The number of alkyl halides is 5. The van der Waals surface area contributed by atoms with Crippen molar-refractivity contribution in [2.75, 3.05) is 6.61 Å². The lowest BCUT2D eigenvalue weighted by molar-refractivity contribution is -0.140. The molecule has 0 spiro atoms. The molecule has 0 atom stereocenters. The number of nitrogens with zero attached hydrogens (tertiary/aromatic N) is 2. The van der Waals surface area contributed by atoms with E-state index in [-0.39, 0.29) is 17.0 Å². The quantitative estimate of drug-likeness (QED) is 0.629. The van der Waals surface area contributed by atoms with Crippen molar-refractivity contribution >= 4 is 5.65 Å². The first-order valence-corrected chi connectivity index (χ1v) is 7.78. The Morgan fingerprint density at radius 1 is 1.15 bits per heavy atom. The van der Waals surface area contributed by atoms with Crippen LogP contribution >= 0.6 is 0 Å². The van der Waals surface area contributed by atoms with Gasteiger partial charge in [-0.05, 0) is 42.3 Å². The molecule has 3 aromatic rings. The Balaban J connectivity index is 2.16. The summed E-state index contributed by atoms with van der Waals surface area (Å²) in [5.41, 5.74) is -2.31. The second-order valence-corrected chi connectivity index (χ2v) is 5.80. The van der Waals surface area contributed by atoms with Gasteiger partial charge in [0.15, 0.2) is 5.69 Å². The topological polar surface area (TPSA) is 43.6 Å². The van der Waals surface area contributed by atoms with Gasteiger partial charge in [-0.1, -0.05) is 12.1 Å². The second-order valence-electron chi connectivity index (χ2n) is 5.80. The molecule has 0 saturated carbocycles. The van der Waals surface area contributed by atoms with Gasteiger partial charge in [0.05, 0.1) is 5.56 Å². The lowest BCUT2D eigenvalue weighted by Gasteiger charge is -2.14. The molecule has 0 aliphatic carbocycles. The number of ether oxygens (including phenoxy) is 1. The number of hydrogen-bond acceptors (Lipinski definition) is 3. The first kappa shape index (κ1) is 18.8. The Labute approximate surface area is 149 Å². The summed E-state index contributed by atoms with van der Waals surface area (Å²) in [7, 11) is 0. The highest BCUT2D eigenvalue weighted by Gasteiger charge is 2.38. The molecule has 0 fully saturated rings. The summed E-state index contributed by atoms with van der Waals surface area (Å²) in [5.74, 6) is 0.0529. The van der Waals surface area contributed by atoms with Crippen molar-refractivity contribution in [1.82, 2.24) is 9.38 Å². The van der Waals surface area contributed by atoms with Crippen LogP contribution in [0.1, 0.15) is 11.3 Å². The molecular weight excluding hydrogens is 371 g/mol. The molecule has 2 heterocycles. The molecule has 0 aliphatic rings. The van der Waals surface area contributed by atoms with E-state index in [1.807, 2.05) is 0 Å². The van der Waals surface area contributed by atoms with Crippen LogP contribution in [0.15, 0.2) is 47.4 Å². The molecule has 0 saturated heterocycles. The fourth-order valence-electron chi connectivity index (χ4n) is 2.58. The molecule has 0 radical (unpaired) electrons. The predicted molar refractivity (Wildman–Crippen MR) is 88.1 cm³/mol. The zero-order valence-corrected chi connectivity index (χ0v) is 13.9. The Morgan fingerprint density at radius 2 is 1.81 bits per heavy atom. The van der Waals surface area contributed by atoms with Gasteiger partial charge >= 0.3 is 6.18 Å². The standard InChI is InChI=1S/C18H13F5N2O2/c1-10-6-7-25-14(8-10)24-16(18(21,22)23)15(17(25)26)11-2-4-12(5-3-11)27-9-13(19)20/h2-8,13H,9H2,1H3. The summed E-state index contributed by atoms with van der Waals surface area (Å²) < 4.78 is 70.7. The molecule has 9 heteroatoms. The van der Waals surface area contributed by atoms with Crippen molar-refractivity contribution in [3.63, 3.8) is 0 Å². The van der Waals surface area contributed by atoms with Crippen molar-refractivity contribution in [2.45, 2.75) is 19.5 Å². The molecule has 27 heavy (non-hydrogen) atoms. The van der Waals surface area contributed by atoms with Crippen LogP contribution in [-0.4, -0.2) is 22.4 Å². The van der Waals surface area contributed by atoms with E-state index in [1.165, 1.54) is 36.5 Å². The zero-order chi connectivity index (χ0) is 19.8. The van der Waals surface area contributed by atoms with Crippen molar-refractivity contribution < 1.29 is 26.7 Å². The van der Waals surface area contributed by atoms with Crippen LogP contribution in [-0.2, 0) is 6.18 Å². The van der Waals surface area contributed by atoms with Gasteiger partial charge in [0.25, 0.3) is 12.0 Å².